The largest absolute Gasteiger partial charge is 0.452 e. The number of carbonyl (C=O) groups excluding carboxylic acids is 2. The summed E-state index contributed by atoms with van der Waals surface area (Å²) >= 11 is 0. The van der Waals surface area contributed by atoms with Crippen molar-refractivity contribution in [3.05, 3.63) is 58.1 Å². The zero-order chi connectivity index (χ0) is 20.8. The van der Waals surface area contributed by atoms with Gasteiger partial charge in [-0.2, -0.15) is 0 Å². The molecule has 0 radical (unpaired) electrons. The Kier molecular flexibility index (Phi) is 6.54. The van der Waals surface area contributed by atoms with Crippen LogP contribution in [0.3, 0.4) is 0 Å². The van der Waals surface area contributed by atoms with Gasteiger partial charge in [-0.1, -0.05) is 0 Å². The lowest BCUT2D eigenvalue weighted by atomic mass is 10.1. The van der Waals surface area contributed by atoms with Crippen LogP contribution in [0.2, 0.25) is 0 Å². The molecule has 9 nitrogen and oxygen atoms in total. The van der Waals surface area contributed by atoms with E-state index < -0.39 is 23.4 Å². The molecule has 0 unspecified atom stereocenters. The molecule has 0 aliphatic heterocycles. The summed E-state index contributed by atoms with van der Waals surface area (Å²) in [7, 11) is 7.14. The summed E-state index contributed by atoms with van der Waals surface area (Å²) in [6.07, 6.45) is 0. The Morgan fingerprint density at radius 2 is 1.68 bits per heavy atom. The lowest BCUT2D eigenvalue weighted by molar-refractivity contribution is -0.384. The fourth-order valence-corrected chi connectivity index (χ4v) is 2.43. The number of nitro groups is 1. The number of carbonyl (C=O) groups is 2. The van der Waals surface area contributed by atoms with Gasteiger partial charge in [0.15, 0.2) is 6.61 Å². The first-order valence-corrected chi connectivity index (χ1v) is 8.39. The van der Waals surface area contributed by atoms with Crippen LogP contribution in [-0.4, -0.2) is 51.6 Å². The van der Waals surface area contributed by atoms with E-state index in [1.54, 1.807) is 31.1 Å². The summed E-state index contributed by atoms with van der Waals surface area (Å²) in [5, 5.41) is 13.8. The van der Waals surface area contributed by atoms with Crippen molar-refractivity contribution in [2.24, 2.45) is 0 Å². The summed E-state index contributed by atoms with van der Waals surface area (Å²) in [4.78, 5) is 38.2. The summed E-state index contributed by atoms with van der Waals surface area (Å²) < 4.78 is 4.96. The molecule has 0 aliphatic carbocycles. The number of hydrogen-bond acceptors (Lipinski definition) is 7. The molecule has 2 aromatic carbocycles. The Balaban J connectivity index is 1.98. The lowest BCUT2D eigenvalue weighted by Crippen LogP contribution is -2.21. The van der Waals surface area contributed by atoms with E-state index in [1.165, 1.54) is 12.1 Å². The molecule has 148 valence electrons. The maximum Gasteiger partial charge on any atom is 0.338 e. The highest BCUT2D eigenvalue weighted by Crippen LogP contribution is 2.28. The molecule has 1 amide bonds. The predicted molar refractivity (Wildman–Crippen MR) is 107 cm³/mol. The third kappa shape index (κ3) is 5.19. The van der Waals surface area contributed by atoms with E-state index >= 15 is 0 Å². The van der Waals surface area contributed by atoms with Crippen LogP contribution in [0.25, 0.3) is 0 Å². The van der Waals surface area contributed by atoms with Gasteiger partial charge in [0.2, 0.25) is 0 Å². The number of amides is 1. The van der Waals surface area contributed by atoms with Gasteiger partial charge in [-0.3, -0.25) is 14.9 Å². The van der Waals surface area contributed by atoms with Crippen LogP contribution in [-0.2, 0) is 9.53 Å². The molecule has 0 aliphatic rings. The normalized spacial score (nSPS) is 10.1. The number of esters is 1. The smallest absolute Gasteiger partial charge is 0.338 e. The van der Waals surface area contributed by atoms with Crippen molar-refractivity contribution < 1.29 is 19.2 Å². The molecule has 0 atom stereocenters. The van der Waals surface area contributed by atoms with Crippen molar-refractivity contribution >= 4 is 34.6 Å². The maximum absolute atomic E-state index is 12.1. The SMILES string of the molecule is CN(C)c1ccc(NC(=O)COC(=O)c2ccc(N(C)C)c([N+](=O)[O-])c2)cc1. The highest BCUT2D eigenvalue weighted by molar-refractivity contribution is 5.96. The number of rotatable bonds is 7. The van der Waals surface area contributed by atoms with E-state index in [9.17, 15) is 19.7 Å². The molecule has 0 heterocycles. The van der Waals surface area contributed by atoms with Gasteiger partial charge < -0.3 is 19.9 Å². The molecule has 2 aromatic rings. The Bertz CT molecular complexity index is 878. The molecule has 0 spiro atoms. The minimum absolute atomic E-state index is 0.000404. The average molecular weight is 386 g/mol. The Labute approximate surface area is 162 Å². The summed E-state index contributed by atoms with van der Waals surface area (Å²) in [5.74, 6) is -1.32. The first-order chi connectivity index (χ1) is 13.2. The third-order valence-electron chi connectivity index (χ3n) is 3.89. The summed E-state index contributed by atoms with van der Waals surface area (Å²) in [5.41, 5.74) is 1.69. The number of hydrogen-bond donors (Lipinski definition) is 1. The van der Waals surface area contributed by atoms with Gasteiger partial charge in [0.05, 0.1) is 10.5 Å². The van der Waals surface area contributed by atoms with Gasteiger partial charge in [0, 0.05) is 45.6 Å². The van der Waals surface area contributed by atoms with Gasteiger partial charge in [0.25, 0.3) is 11.6 Å². The van der Waals surface area contributed by atoms with Crippen LogP contribution in [0.4, 0.5) is 22.7 Å². The van der Waals surface area contributed by atoms with Crippen LogP contribution in [0.5, 0.6) is 0 Å². The van der Waals surface area contributed by atoms with Gasteiger partial charge in [-0.15, -0.1) is 0 Å². The molecule has 0 saturated heterocycles. The quantitative estimate of drug-likeness (QED) is 0.443. The molecule has 1 N–H and O–H groups in total. The monoisotopic (exact) mass is 386 g/mol. The maximum atomic E-state index is 12.1. The van der Waals surface area contributed by atoms with Gasteiger partial charge in [0.1, 0.15) is 5.69 Å². The fraction of sp³-hybridized carbons (Fsp3) is 0.263. The van der Waals surface area contributed by atoms with Crippen molar-refractivity contribution in [2.45, 2.75) is 0 Å². The zero-order valence-electron chi connectivity index (χ0n) is 16.1. The lowest BCUT2D eigenvalue weighted by Gasteiger charge is -2.13. The van der Waals surface area contributed by atoms with E-state index in [-0.39, 0.29) is 11.3 Å². The van der Waals surface area contributed by atoms with Crippen molar-refractivity contribution in [1.82, 2.24) is 0 Å². The van der Waals surface area contributed by atoms with E-state index in [1.807, 2.05) is 31.1 Å². The number of nitrogens with one attached hydrogen (secondary N) is 1. The number of nitro benzene ring substituents is 1. The fourth-order valence-electron chi connectivity index (χ4n) is 2.43. The van der Waals surface area contributed by atoms with Crippen LogP contribution in [0.15, 0.2) is 42.5 Å². The van der Waals surface area contributed by atoms with Gasteiger partial charge in [-0.05, 0) is 36.4 Å². The van der Waals surface area contributed by atoms with Crippen molar-refractivity contribution in [1.29, 1.82) is 0 Å². The number of anilines is 3. The first kappa shape index (κ1) is 20.7. The van der Waals surface area contributed by atoms with E-state index in [4.69, 9.17) is 4.74 Å². The molecule has 2 rings (SSSR count). The summed E-state index contributed by atoms with van der Waals surface area (Å²) in [6.45, 7) is -0.502. The molecule has 9 heteroatoms. The second-order valence-electron chi connectivity index (χ2n) is 6.42. The van der Waals surface area contributed by atoms with Crippen molar-refractivity contribution in [2.75, 3.05) is 49.9 Å². The minimum Gasteiger partial charge on any atom is -0.452 e. The first-order valence-electron chi connectivity index (χ1n) is 8.39. The molecular weight excluding hydrogens is 364 g/mol. The Hall–Kier alpha value is -3.62. The van der Waals surface area contributed by atoms with Crippen LogP contribution < -0.4 is 15.1 Å². The average Bonchev–Trinajstić information content (AvgIpc) is 2.65. The zero-order valence-corrected chi connectivity index (χ0v) is 16.1. The number of ether oxygens (including phenoxy) is 1. The van der Waals surface area contributed by atoms with E-state index in [2.05, 4.69) is 5.32 Å². The highest BCUT2D eigenvalue weighted by Gasteiger charge is 2.20. The third-order valence-corrected chi connectivity index (χ3v) is 3.89. The van der Waals surface area contributed by atoms with E-state index in [0.29, 0.717) is 11.4 Å². The molecule has 0 bridgehead atoms. The van der Waals surface area contributed by atoms with Gasteiger partial charge >= 0.3 is 5.97 Å². The van der Waals surface area contributed by atoms with E-state index in [0.717, 1.165) is 11.8 Å². The number of benzene rings is 2. The molecule has 0 fully saturated rings. The Morgan fingerprint density at radius 1 is 1.04 bits per heavy atom. The molecular formula is C19H22N4O5. The molecule has 0 saturated carbocycles. The second kappa shape index (κ2) is 8.85. The van der Waals surface area contributed by atoms with Crippen molar-refractivity contribution in [3.63, 3.8) is 0 Å². The standard InChI is InChI=1S/C19H22N4O5/c1-21(2)15-8-6-14(7-9-15)20-18(24)12-28-19(25)13-5-10-16(22(3)4)17(11-13)23(26)27/h5-11H,12H2,1-4H3,(H,20,24). The predicted octanol–water partition coefficient (Wildman–Crippen LogP) is 2.52. The van der Waals surface area contributed by atoms with Crippen LogP contribution in [0.1, 0.15) is 10.4 Å². The van der Waals surface area contributed by atoms with Gasteiger partial charge in [-0.25, -0.2) is 4.79 Å². The summed E-state index contributed by atoms with van der Waals surface area (Å²) in [6, 6.07) is 11.2. The van der Waals surface area contributed by atoms with Crippen LogP contribution >= 0.6 is 0 Å². The highest BCUT2D eigenvalue weighted by atomic mass is 16.6. The minimum atomic E-state index is -0.813. The van der Waals surface area contributed by atoms with Crippen molar-refractivity contribution in [3.8, 4) is 0 Å². The number of nitrogens with zero attached hydrogens (tertiary/aromatic N) is 3. The Morgan fingerprint density at radius 3 is 2.21 bits per heavy atom. The topological polar surface area (TPSA) is 105 Å². The molecule has 0 aromatic heterocycles. The van der Waals surface area contributed by atoms with Crippen LogP contribution in [0, 0.1) is 10.1 Å². The molecule has 28 heavy (non-hydrogen) atoms. The second-order valence-corrected chi connectivity index (χ2v) is 6.42.